The molecule has 59 heavy (non-hydrogen) atoms. The van der Waals surface area contributed by atoms with E-state index in [2.05, 4.69) is 74.6 Å². The third-order valence-electron chi connectivity index (χ3n) is 9.02. The van der Waals surface area contributed by atoms with Crippen molar-refractivity contribution in [2.45, 2.75) is 161 Å². The predicted molar refractivity (Wildman–Crippen MR) is 242 cm³/mol. The minimum Gasteiger partial charge on any atom is -0.756 e. The lowest BCUT2D eigenvalue weighted by Gasteiger charge is -2.28. The van der Waals surface area contributed by atoms with Crippen molar-refractivity contribution in [1.29, 1.82) is 0 Å². The first kappa shape index (κ1) is 56.1. The van der Waals surface area contributed by atoms with Crippen molar-refractivity contribution in [3.63, 3.8) is 0 Å². The molecule has 0 aliphatic rings. The minimum absolute atomic E-state index is 0.0780. The molecule has 0 rings (SSSR count). The number of unbranched alkanes of at least 4 members (excludes halogenated alkanes) is 11. The first-order chi connectivity index (χ1) is 28.4. The van der Waals surface area contributed by atoms with E-state index in [9.17, 15) is 24.2 Å². The van der Waals surface area contributed by atoms with E-state index in [1.54, 1.807) is 12.2 Å². The molecule has 2 unspecified atom stereocenters. The van der Waals surface area contributed by atoms with Gasteiger partial charge in [0.15, 0.2) is 6.10 Å². The molecular weight excluding hydrogens is 766 g/mol. The fraction of sp³-hybridized carbons (Fsp3) is 0.667. The van der Waals surface area contributed by atoms with Gasteiger partial charge in [-0.3, -0.25) is 14.2 Å². The molecule has 0 aliphatic heterocycles. The van der Waals surface area contributed by atoms with Gasteiger partial charge in [-0.25, -0.2) is 0 Å². The Hall–Kier alpha value is -2.85. The van der Waals surface area contributed by atoms with Gasteiger partial charge < -0.3 is 33.0 Å². The lowest BCUT2D eigenvalue weighted by Crippen LogP contribution is -2.37. The van der Waals surface area contributed by atoms with Gasteiger partial charge >= 0.3 is 11.9 Å². The van der Waals surface area contributed by atoms with E-state index in [0.717, 1.165) is 57.8 Å². The summed E-state index contributed by atoms with van der Waals surface area (Å²) in [5.74, 6) is -1.13. The number of esters is 2. The van der Waals surface area contributed by atoms with Crippen LogP contribution in [-0.2, 0) is 32.7 Å². The third kappa shape index (κ3) is 43.1. The van der Waals surface area contributed by atoms with Crippen LogP contribution in [0, 0.1) is 0 Å². The number of phosphoric acid groups is 1. The van der Waals surface area contributed by atoms with Crippen LogP contribution in [0.25, 0.3) is 0 Å². The van der Waals surface area contributed by atoms with Crippen LogP contribution in [0.2, 0.25) is 0 Å². The van der Waals surface area contributed by atoms with E-state index >= 15 is 0 Å². The average molecular weight is 848 g/mol. The number of quaternary nitrogens is 1. The summed E-state index contributed by atoms with van der Waals surface area (Å²) in [5.41, 5.74) is 0. The SMILES string of the molecule is CC/C=C\C/C=C\C/C=C\C/C=C\C/C=C\C=C/C(O)CCC(=O)O[C@H](COC(=O)CCCCCCCCC/C=C\CCCCCC)COP(=O)([O-])OCC[N+](C)(C)C. The van der Waals surface area contributed by atoms with Crippen LogP contribution in [0.5, 0.6) is 0 Å². The molecule has 11 heteroatoms. The molecule has 0 aromatic rings. The molecule has 0 amide bonds. The molecule has 1 N–H and O–H groups in total. The third-order valence-corrected chi connectivity index (χ3v) is 9.98. The maximum atomic E-state index is 12.7. The van der Waals surface area contributed by atoms with E-state index in [0.29, 0.717) is 17.4 Å². The number of rotatable bonds is 39. The Bertz CT molecular complexity index is 1300. The molecule has 338 valence electrons. The molecule has 3 atom stereocenters. The van der Waals surface area contributed by atoms with Crippen molar-refractivity contribution in [3.8, 4) is 0 Å². The molecular formula is C48H82NO9P. The number of likely N-dealkylation sites (N-methyl/N-ethyl adjacent to an activating group) is 1. The van der Waals surface area contributed by atoms with Crippen LogP contribution in [0.15, 0.2) is 85.1 Å². The zero-order valence-electron chi connectivity index (χ0n) is 37.5. The molecule has 0 bridgehead atoms. The second-order valence-electron chi connectivity index (χ2n) is 15.9. The summed E-state index contributed by atoms with van der Waals surface area (Å²) in [7, 11) is 1.01. The van der Waals surface area contributed by atoms with Crippen LogP contribution in [-0.4, -0.2) is 81.2 Å². The van der Waals surface area contributed by atoms with Gasteiger partial charge in [-0.15, -0.1) is 0 Å². The maximum absolute atomic E-state index is 12.7. The Morgan fingerprint density at radius 2 is 1.19 bits per heavy atom. The fourth-order valence-corrected chi connectivity index (χ4v) is 6.19. The van der Waals surface area contributed by atoms with Crippen molar-refractivity contribution in [2.75, 3.05) is 47.5 Å². The molecule has 0 aromatic heterocycles. The van der Waals surface area contributed by atoms with E-state index in [4.69, 9.17) is 18.5 Å². The molecule has 10 nitrogen and oxygen atoms in total. The Morgan fingerprint density at radius 3 is 1.76 bits per heavy atom. The number of aliphatic hydroxyl groups is 1. The van der Waals surface area contributed by atoms with E-state index in [-0.39, 0.29) is 32.5 Å². The molecule has 0 spiro atoms. The number of carbonyl (C=O) groups excluding carboxylic acids is 2. The number of ether oxygens (including phenoxy) is 2. The van der Waals surface area contributed by atoms with Crippen LogP contribution in [0.1, 0.15) is 149 Å². The number of carbonyl (C=O) groups is 2. The first-order valence-corrected chi connectivity index (χ1v) is 23.9. The molecule has 0 radical (unpaired) electrons. The predicted octanol–water partition coefficient (Wildman–Crippen LogP) is 11.1. The number of hydrogen-bond acceptors (Lipinski definition) is 9. The van der Waals surface area contributed by atoms with Gasteiger partial charge in [-0.05, 0) is 70.6 Å². The van der Waals surface area contributed by atoms with Crippen molar-refractivity contribution >= 4 is 19.8 Å². The normalized spacial score (nSPS) is 14.9. The summed E-state index contributed by atoms with van der Waals surface area (Å²) in [5, 5.41) is 10.4. The molecule has 0 saturated carbocycles. The lowest BCUT2D eigenvalue weighted by atomic mass is 10.1. The number of nitrogens with zero attached hydrogens (tertiary/aromatic N) is 1. The summed E-state index contributed by atoms with van der Waals surface area (Å²) in [6.07, 6.45) is 46.5. The molecule has 0 fully saturated rings. The Kier molecular flexibility index (Phi) is 37.4. The van der Waals surface area contributed by atoms with Crippen molar-refractivity contribution in [2.24, 2.45) is 0 Å². The Labute approximate surface area is 359 Å². The number of allylic oxidation sites excluding steroid dienone is 13. The molecule has 0 aliphatic carbocycles. The quantitative estimate of drug-likeness (QED) is 0.0160. The highest BCUT2D eigenvalue weighted by Gasteiger charge is 2.22. The van der Waals surface area contributed by atoms with Crippen molar-refractivity contribution in [3.05, 3.63) is 85.1 Å². The highest BCUT2D eigenvalue weighted by atomic mass is 31.2. The van der Waals surface area contributed by atoms with Crippen molar-refractivity contribution in [1.82, 2.24) is 0 Å². The fourth-order valence-electron chi connectivity index (χ4n) is 5.46. The van der Waals surface area contributed by atoms with Gasteiger partial charge in [0.2, 0.25) is 0 Å². The summed E-state index contributed by atoms with van der Waals surface area (Å²) in [6, 6.07) is 0. The largest absolute Gasteiger partial charge is 0.756 e. The zero-order chi connectivity index (χ0) is 43.7. The highest BCUT2D eigenvalue weighted by Crippen LogP contribution is 2.38. The van der Waals surface area contributed by atoms with Gasteiger partial charge in [0.05, 0.1) is 33.9 Å². The van der Waals surface area contributed by atoms with Crippen LogP contribution in [0.3, 0.4) is 0 Å². The Balaban J connectivity index is 4.62. The molecule has 0 aromatic carbocycles. The van der Waals surface area contributed by atoms with Crippen LogP contribution >= 0.6 is 7.82 Å². The van der Waals surface area contributed by atoms with Gasteiger partial charge in [0.1, 0.15) is 19.8 Å². The molecule has 0 heterocycles. The first-order valence-electron chi connectivity index (χ1n) is 22.4. The monoisotopic (exact) mass is 848 g/mol. The minimum atomic E-state index is -4.70. The van der Waals surface area contributed by atoms with E-state index in [1.807, 2.05) is 33.3 Å². The van der Waals surface area contributed by atoms with Gasteiger partial charge in [0, 0.05) is 12.8 Å². The zero-order valence-corrected chi connectivity index (χ0v) is 38.4. The smallest absolute Gasteiger partial charge is 0.306 e. The second kappa shape index (κ2) is 39.3. The summed E-state index contributed by atoms with van der Waals surface area (Å²) in [6.45, 7) is 3.79. The number of aliphatic hydroxyl groups excluding tert-OH is 1. The second-order valence-corrected chi connectivity index (χ2v) is 17.3. The number of phosphoric ester groups is 1. The van der Waals surface area contributed by atoms with E-state index < -0.39 is 38.6 Å². The summed E-state index contributed by atoms with van der Waals surface area (Å²) < 4.78 is 33.7. The Morgan fingerprint density at radius 1 is 0.644 bits per heavy atom. The van der Waals surface area contributed by atoms with Gasteiger partial charge in [-0.1, -0.05) is 150 Å². The highest BCUT2D eigenvalue weighted by molar-refractivity contribution is 7.45. The standard InChI is InChI=1S/C48H82NO9P/c1-6-8-10-12-14-16-18-20-22-24-25-27-29-31-33-35-37-45(50)39-40-48(52)58-46(44-57-59(53,54)56-42-41-49(3,4)5)43-55-47(51)38-36-34-32-30-28-26-23-21-19-17-15-13-11-9-7-2/h8,10,14,16-17,19-20,22,25,27,31,33,35,37,45-46,50H,6-7,9,11-13,15,18,21,23-24,26,28-30,32,34,36,38-44H2,1-5H3/b10-8-,16-14-,19-17-,22-20-,27-25-,33-31-,37-35-/t45?,46-/m1/s1. The topological polar surface area (TPSA) is 131 Å². The van der Waals surface area contributed by atoms with E-state index in [1.165, 1.54) is 51.4 Å². The van der Waals surface area contributed by atoms with Crippen LogP contribution < -0.4 is 4.89 Å². The van der Waals surface area contributed by atoms with Crippen LogP contribution in [0.4, 0.5) is 0 Å². The maximum Gasteiger partial charge on any atom is 0.306 e. The summed E-state index contributed by atoms with van der Waals surface area (Å²) >= 11 is 0. The van der Waals surface area contributed by atoms with Gasteiger partial charge in [0.25, 0.3) is 7.82 Å². The summed E-state index contributed by atoms with van der Waals surface area (Å²) in [4.78, 5) is 37.6. The molecule has 0 saturated heterocycles. The number of hydrogen-bond donors (Lipinski definition) is 1. The van der Waals surface area contributed by atoms with Gasteiger partial charge in [-0.2, -0.15) is 0 Å². The van der Waals surface area contributed by atoms with Crippen molar-refractivity contribution < 1.29 is 47.2 Å². The lowest BCUT2D eigenvalue weighted by molar-refractivity contribution is -0.870. The average Bonchev–Trinajstić information content (AvgIpc) is 3.18.